The smallest absolute Gasteiger partial charge is 0.178 e. The van der Waals surface area contributed by atoms with E-state index in [-0.39, 0.29) is 5.75 Å². The van der Waals surface area contributed by atoms with Gasteiger partial charge in [0.2, 0.25) is 0 Å². The lowest BCUT2D eigenvalue weighted by Crippen LogP contribution is -2.45. The summed E-state index contributed by atoms with van der Waals surface area (Å²) >= 11 is 0. The Morgan fingerprint density at radius 1 is 1.04 bits per heavy atom. The van der Waals surface area contributed by atoms with E-state index in [4.69, 9.17) is 9.47 Å². The molecule has 0 saturated carbocycles. The first-order chi connectivity index (χ1) is 11.1. The molecule has 0 saturated heterocycles. The molecule has 5 nitrogen and oxygen atoms in total. The highest BCUT2D eigenvalue weighted by molar-refractivity contribution is 5.31. The van der Waals surface area contributed by atoms with E-state index in [2.05, 4.69) is 0 Å². The predicted octanol–water partition coefficient (Wildman–Crippen LogP) is 2.49. The van der Waals surface area contributed by atoms with Crippen molar-refractivity contribution in [1.82, 2.24) is 4.90 Å². The standard InChI is InChI=1S/C18H23NO4/c1-14(20)18(23-17-10-6-7-15(21)13-17)19(2)11-12-22-16-8-4-3-5-9-16/h3-10,13-14,18,20-21H,11-12H2,1-2H3. The summed E-state index contributed by atoms with van der Waals surface area (Å²) in [4.78, 5) is 1.87. The number of rotatable bonds is 8. The Hall–Kier alpha value is -2.24. The fourth-order valence-electron chi connectivity index (χ4n) is 2.20. The van der Waals surface area contributed by atoms with E-state index >= 15 is 0 Å². The van der Waals surface area contributed by atoms with Crippen LogP contribution >= 0.6 is 0 Å². The molecule has 0 spiro atoms. The van der Waals surface area contributed by atoms with Crippen LogP contribution in [0.1, 0.15) is 6.92 Å². The van der Waals surface area contributed by atoms with Crippen molar-refractivity contribution in [2.75, 3.05) is 20.2 Å². The SMILES string of the molecule is CC(O)C(Oc1cccc(O)c1)N(C)CCOc1ccccc1. The minimum Gasteiger partial charge on any atom is -0.508 e. The summed E-state index contributed by atoms with van der Waals surface area (Å²) in [7, 11) is 1.86. The van der Waals surface area contributed by atoms with Crippen molar-refractivity contribution < 1.29 is 19.7 Å². The normalized spacial score (nSPS) is 13.6. The number of phenols is 1. The van der Waals surface area contributed by atoms with Crippen LogP contribution in [0.3, 0.4) is 0 Å². The summed E-state index contributed by atoms with van der Waals surface area (Å²) in [6, 6.07) is 16.1. The molecule has 0 aliphatic carbocycles. The van der Waals surface area contributed by atoms with Crippen LogP contribution in [0.5, 0.6) is 17.2 Å². The highest BCUT2D eigenvalue weighted by Crippen LogP contribution is 2.20. The van der Waals surface area contributed by atoms with Gasteiger partial charge in [-0.05, 0) is 38.2 Å². The first kappa shape index (κ1) is 17.1. The number of aliphatic hydroxyl groups is 1. The van der Waals surface area contributed by atoms with Crippen molar-refractivity contribution in [3.05, 3.63) is 54.6 Å². The number of nitrogens with zero attached hydrogens (tertiary/aromatic N) is 1. The number of likely N-dealkylation sites (N-methyl/N-ethyl adjacent to an activating group) is 1. The third-order valence-electron chi connectivity index (χ3n) is 3.38. The summed E-state index contributed by atoms with van der Waals surface area (Å²) in [5, 5.41) is 19.5. The van der Waals surface area contributed by atoms with Gasteiger partial charge in [0.15, 0.2) is 6.23 Å². The van der Waals surface area contributed by atoms with Crippen molar-refractivity contribution in [2.45, 2.75) is 19.3 Å². The molecule has 0 radical (unpaired) electrons. The number of benzene rings is 2. The van der Waals surface area contributed by atoms with E-state index in [1.807, 2.05) is 42.3 Å². The van der Waals surface area contributed by atoms with Crippen molar-refractivity contribution in [2.24, 2.45) is 0 Å². The molecule has 23 heavy (non-hydrogen) atoms. The molecule has 0 aliphatic heterocycles. The number of ether oxygens (including phenoxy) is 2. The quantitative estimate of drug-likeness (QED) is 0.733. The van der Waals surface area contributed by atoms with Gasteiger partial charge < -0.3 is 19.7 Å². The Morgan fingerprint density at radius 3 is 2.39 bits per heavy atom. The first-order valence-corrected chi connectivity index (χ1v) is 7.58. The largest absolute Gasteiger partial charge is 0.508 e. The van der Waals surface area contributed by atoms with Crippen LogP contribution in [0.2, 0.25) is 0 Å². The number of aromatic hydroxyl groups is 1. The summed E-state index contributed by atoms with van der Waals surface area (Å²) in [5.74, 6) is 1.44. The molecule has 2 N–H and O–H groups in total. The van der Waals surface area contributed by atoms with Gasteiger partial charge in [0, 0.05) is 12.6 Å². The van der Waals surface area contributed by atoms with Crippen LogP contribution in [-0.4, -0.2) is 47.6 Å². The molecular weight excluding hydrogens is 294 g/mol. The van der Waals surface area contributed by atoms with Gasteiger partial charge in [-0.15, -0.1) is 0 Å². The summed E-state index contributed by atoms with van der Waals surface area (Å²) in [6.45, 7) is 2.73. The van der Waals surface area contributed by atoms with Crippen molar-refractivity contribution in [3.8, 4) is 17.2 Å². The average molecular weight is 317 g/mol. The van der Waals surface area contributed by atoms with Gasteiger partial charge in [0.1, 0.15) is 30.0 Å². The van der Waals surface area contributed by atoms with Gasteiger partial charge >= 0.3 is 0 Å². The van der Waals surface area contributed by atoms with Gasteiger partial charge in [-0.3, -0.25) is 4.90 Å². The molecule has 0 bridgehead atoms. The number of phenolic OH excluding ortho intramolecular Hbond substituents is 1. The summed E-state index contributed by atoms with van der Waals surface area (Å²) < 4.78 is 11.4. The lowest BCUT2D eigenvalue weighted by atomic mass is 10.3. The topological polar surface area (TPSA) is 62.2 Å². The minimum atomic E-state index is -0.695. The van der Waals surface area contributed by atoms with Crippen molar-refractivity contribution in [3.63, 3.8) is 0 Å². The van der Waals surface area contributed by atoms with Crippen LogP contribution in [-0.2, 0) is 0 Å². The monoisotopic (exact) mass is 317 g/mol. The fraction of sp³-hybridized carbons (Fsp3) is 0.333. The van der Waals surface area contributed by atoms with Crippen LogP contribution in [0.15, 0.2) is 54.6 Å². The Balaban J connectivity index is 1.89. The summed E-state index contributed by atoms with van der Waals surface area (Å²) in [6.07, 6.45) is -1.23. The highest BCUT2D eigenvalue weighted by Gasteiger charge is 2.22. The second-order valence-corrected chi connectivity index (χ2v) is 5.39. The zero-order valence-electron chi connectivity index (χ0n) is 13.4. The van der Waals surface area contributed by atoms with E-state index in [9.17, 15) is 10.2 Å². The van der Waals surface area contributed by atoms with Crippen LogP contribution in [0.25, 0.3) is 0 Å². The highest BCUT2D eigenvalue weighted by atomic mass is 16.5. The Morgan fingerprint density at radius 2 is 1.74 bits per heavy atom. The molecule has 2 aromatic carbocycles. The first-order valence-electron chi connectivity index (χ1n) is 7.58. The molecule has 2 aromatic rings. The van der Waals surface area contributed by atoms with E-state index in [1.54, 1.807) is 25.1 Å². The Labute approximate surface area is 136 Å². The molecule has 0 aromatic heterocycles. The van der Waals surface area contributed by atoms with E-state index in [0.29, 0.717) is 18.9 Å². The lowest BCUT2D eigenvalue weighted by molar-refractivity contribution is -0.0497. The molecule has 0 heterocycles. The molecule has 2 rings (SSSR count). The third kappa shape index (κ3) is 5.47. The second-order valence-electron chi connectivity index (χ2n) is 5.39. The zero-order chi connectivity index (χ0) is 16.7. The van der Waals surface area contributed by atoms with Crippen molar-refractivity contribution in [1.29, 1.82) is 0 Å². The third-order valence-corrected chi connectivity index (χ3v) is 3.38. The van der Waals surface area contributed by atoms with Gasteiger partial charge in [-0.1, -0.05) is 24.3 Å². The number of hydrogen-bond acceptors (Lipinski definition) is 5. The van der Waals surface area contributed by atoms with Gasteiger partial charge in [-0.2, -0.15) is 0 Å². The maximum atomic E-state index is 9.96. The van der Waals surface area contributed by atoms with Gasteiger partial charge in [-0.25, -0.2) is 0 Å². The van der Waals surface area contributed by atoms with E-state index in [1.165, 1.54) is 6.07 Å². The predicted molar refractivity (Wildman–Crippen MR) is 88.8 cm³/mol. The molecule has 0 amide bonds. The average Bonchev–Trinajstić information content (AvgIpc) is 2.53. The van der Waals surface area contributed by atoms with E-state index in [0.717, 1.165) is 5.75 Å². The molecule has 2 atom stereocenters. The van der Waals surface area contributed by atoms with E-state index < -0.39 is 12.3 Å². The van der Waals surface area contributed by atoms with Crippen molar-refractivity contribution >= 4 is 0 Å². The number of hydrogen-bond donors (Lipinski definition) is 2. The molecule has 0 aliphatic rings. The van der Waals surface area contributed by atoms with Gasteiger partial charge in [0.05, 0.1) is 0 Å². The second kappa shape index (κ2) is 8.41. The van der Waals surface area contributed by atoms with Gasteiger partial charge in [0.25, 0.3) is 0 Å². The molecule has 124 valence electrons. The maximum Gasteiger partial charge on any atom is 0.178 e. The summed E-state index contributed by atoms with van der Waals surface area (Å²) in [5.41, 5.74) is 0. The lowest BCUT2D eigenvalue weighted by Gasteiger charge is -2.30. The molecule has 0 fully saturated rings. The van der Waals surface area contributed by atoms with Crippen LogP contribution in [0.4, 0.5) is 0 Å². The minimum absolute atomic E-state index is 0.127. The number of aliphatic hydroxyl groups excluding tert-OH is 1. The maximum absolute atomic E-state index is 9.96. The Kier molecular flexibility index (Phi) is 6.26. The van der Waals surface area contributed by atoms with Crippen LogP contribution in [0, 0.1) is 0 Å². The molecular formula is C18H23NO4. The Bertz CT molecular complexity index is 589. The number of para-hydroxylation sites is 1. The molecule has 2 unspecified atom stereocenters. The molecule has 5 heteroatoms. The fourth-order valence-corrected chi connectivity index (χ4v) is 2.20. The zero-order valence-corrected chi connectivity index (χ0v) is 13.4. The van der Waals surface area contributed by atoms with Crippen LogP contribution < -0.4 is 9.47 Å².